The molecular formula is C25H23F4N3O5S. The van der Waals surface area contributed by atoms with Crippen molar-refractivity contribution in [1.29, 1.82) is 0 Å². The lowest BCUT2D eigenvalue weighted by Crippen LogP contribution is -2.50. The maximum atomic E-state index is 13.6. The molecule has 38 heavy (non-hydrogen) atoms. The lowest BCUT2D eigenvalue weighted by molar-refractivity contribution is -0.192. The molecule has 13 heteroatoms. The zero-order valence-corrected chi connectivity index (χ0v) is 20.8. The average Bonchev–Trinajstić information content (AvgIpc) is 3.36. The molecule has 1 saturated heterocycles. The second kappa shape index (κ2) is 12.5. The number of thiazole rings is 1. The number of carboxylic acids is 1. The van der Waals surface area contributed by atoms with Crippen LogP contribution in [0, 0.1) is 5.82 Å². The van der Waals surface area contributed by atoms with Crippen molar-refractivity contribution in [1.82, 2.24) is 9.88 Å². The number of aromatic nitrogens is 1. The molecule has 4 rings (SSSR count). The van der Waals surface area contributed by atoms with Gasteiger partial charge in [0, 0.05) is 23.1 Å². The zero-order chi connectivity index (χ0) is 27.9. The maximum absolute atomic E-state index is 13.6. The van der Waals surface area contributed by atoms with Gasteiger partial charge < -0.3 is 20.1 Å². The largest absolute Gasteiger partial charge is 0.497 e. The van der Waals surface area contributed by atoms with Crippen LogP contribution in [0.1, 0.15) is 29.6 Å². The first-order chi connectivity index (χ1) is 18.0. The summed E-state index contributed by atoms with van der Waals surface area (Å²) in [5.74, 6) is -3.09. The third-order valence-electron chi connectivity index (χ3n) is 5.50. The quantitative estimate of drug-likeness (QED) is 0.419. The highest BCUT2D eigenvalue weighted by atomic mass is 32.1. The number of nitrogens with one attached hydrogen (secondary N) is 1. The summed E-state index contributed by atoms with van der Waals surface area (Å²) < 4.78 is 50.5. The number of benzene rings is 2. The monoisotopic (exact) mass is 553 g/mol. The third-order valence-corrected chi connectivity index (χ3v) is 6.26. The zero-order valence-electron chi connectivity index (χ0n) is 20.0. The summed E-state index contributed by atoms with van der Waals surface area (Å²) in [4.78, 5) is 40.8. The number of halogens is 4. The Balaban J connectivity index is 0.000000505. The highest BCUT2D eigenvalue weighted by molar-refractivity contribution is 7.14. The third kappa shape index (κ3) is 7.51. The summed E-state index contributed by atoms with van der Waals surface area (Å²) in [6.45, 7) is 0.461. The molecule has 1 atom stereocenters. The van der Waals surface area contributed by atoms with Crippen LogP contribution in [0.5, 0.6) is 5.75 Å². The SMILES string of the molecule is COc1ccc(-c2csc(NC(=O)[C@H]3CCCCN3C(=O)c3cccc(F)c3)n2)cc1.O=C(O)C(F)(F)F. The molecule has 1 aromatic heterocycles. The van der Waals surface area contributed by atoms with Crippen LogP contribution in [0.4, 0.5) is 22.7 Å². The van der Waals surface area contributed by atoms with Gasteiger partial charge in [-0.2, -0.15) is 13.2 Å². The summed E-state index contributed by atoms with van der Waals surface area (Å²) in [7, 11) is 1.61. The molecular weight excluding hydrogens is 530 g/mol. The van der Waals surface area contributed by atoms with Crippen molar-refractivity contribution in [2.75, 3.05) is 19.0 Å². The number of hydrogen-bond donors (Lipinski definition) is 2. The molecule has 2 heterocycles. The van der Waals surface area contributed by atoms with Crippen LogP contribution >= 0.6 is 11.3 Å². The number of nitrogens with zero attached hydrogens (tertiary/aromatic N) is 2. The first-order valence-electron chi connectivity index (χ1n) is 11.3. The lowest BCUT2D eigenvalue weighted by Gasteiger charge is -2.34. The number of anilines is 1. The van der Waals surface area contributed by atoms with Crippen LogP contribution < -0.4 is 10.1 Å². The van der Waals surface area contributed by atoms with E-state index in [-0.39, 0.29) is 17.4 Å². The van der Waals surface area contributed by atoms with Gasteiger partial charge in [0.2, 0.25) is 5.91 Å². The highest BCUT2D eigenvalue weighted by Crippen LogP contribution is 2.28. The fourth-order valence-corrected chi connectivity index (χ4v) is 4.37. The van der Waals surface area contributed by atoms with Crippen molar-refractivity contribution in [3.63, 3.8) is 0 Å². The molecule has 0 bridgehead atoms. The minimum atomic E-state index is -5.08. The molecule has 0 aliphatic carbocycles. The van der Waals surface area contributed by atoms with E-state index < -0.39 is 24.0 Å². The number of likely N-dealkylation sites (tertiary alicyclic amines) is 1. The van der Waals surface area contributed by atoms with E-state index in [0.29, 0.717) is 18.1 Å². The number of rotatable bonds is 5. The van der Waals surface area contributed by atoms with Crippen molar-refractivity contribution >= 4 is 34.3 Å². The molecule has 1 aliphatic rings. The van der Waals surface area contributed by atoms with Crippen molar-refractivity contribution in [3.8, 4) is 17.0 Å². The summed E-state index contributed by atoms with van der Waals surface area (Å²) in [6, 6.07) is 12.5. The predicted octanol–water partition coefficient (Wildman–Crippen LogP) is 5.22. The van der Waals surface area contributed by atoms with Crippen molar-refractivity contribution in [2.45, 2.75) is 31.5 Å². The molecule has 0 saturated carbocycles. The first-order valence-corrected chi connectivity index (χ1v) is 12.1. The predicted molar refractivity (Wildman–Crippen MR) is 131 cm³/mol. The first kappa shape index (κ1) is 28.6. The summed E-state index contributed by atoms with van der Waals surface area (Å²) in [6.07, 6.45) is -2.87. The van der Waals surface area contributed by atoms with Crippen LogP contribution in [-0.4, -0.2) is 58.6 Å². The smallest absolute Gasteiger partial charge is 0.490 e. The molecule has 8 nitrogen and oxygen atoms in total. The van der Waals surface area contributed by atoms with Crippen LogP contribution in [-0.2, 0) is 9.59 Å². The standard InChI is InChI=1S/C23H22FN3O3S.C2HF3O2/c1-30-18-10-8-15(9-11-18)19-14-31-23(25-19)26-21(28)20-7-2-3-12-27(20)22(29)16-5-4-6-17(24)13-16;3-2(4,5)1(6)7/h4-6,8-11,13-14,20H,2-3,7,12H2,1H3,(H,25,26,28);(H,6,7)/t20-;/m1./s1. The number of hydrogen-bond acceptors (Lipinski definition) is 6. The van der Waals surface area contributed by atoms with Gasteiger partial charge in [-0.1, -0.05) is 6.07 Å². The average molecular weight is 554 g/mol. The number of methoxy groups -OCH3 is 1. The minimum Gasteiger partial charge on any atom is -0.497 e. The van der Waals surface area contributed by atoms with Crippen molar-refractivity contribution in [3.05, 3.63) is 65.3 Å². The topological polar surface area (TPSA) is 109 Å². The molecule has 1 aliphatic heterocycles. The number of aliphatic carboxylic acids is 1. The molecule has 0 unspecified atom stereocenters. The molecule has 0 radical (unpaired) electrons. The second-order valence-corrected chi connectivity index (χ2v) is 8.94. The van der Waals surface area contributed by atoms with E-state index in [0.717, 1.165) is 29.8 Å². The Hall–Kier alpha value is -4.00. The van der Waals surface area contributed by atoms with E-state index in [9.17, 15) is 27.2 Å². The molecule has 0 spiro atoms. The Bertz CT molecular complexity index is 1280. The number of ether oxygens (including phenoxy) is 1. The maximum Gasteiger partial charge on any atom is 0.490 e. The van der Waals surface area contributed by atoms with Crippen molar-refractivity contribution < 1.29 is 41.8 Å². The molecule has 2 N–H and O–H groups in total. The van der Waals surface area contributed by atoms with Crippen LogP contribution in [0.2, 0.25) is 0 Å². The Morgan fingerprint density at radius 3 is 2.42 bits per heavy atom. The number of carboxylic acid groups (broad SMARTS) is 1. The number of carbonyl (C=O) groups excluding carboxylic acids is 2. The Morgan fingerprint density at radius 1 is 1.13 bits per heavy atom. The second-order valence-electron chi connectivity index (χ2n) is 8.08. The van der Waals surface area contributed by atoms with Crippen LogP contribution in [0.15, 0.2) is 53.9 Å². The van der Waals surface area contributed by atoms with Gasteiger partial charge in [-0.05, 0) is 61.7 Å². The highest BCUT2D eigenvalue weighted by Gasteiger charge is 2.38. The molecule has 1 fully saturated rings. The molecule has 2 amide bonds. The number of piperidine rings is 1. The molecule has 3 aromatic rings. The van der Waals surface area contributed by atoms with Gasteiger partial charge >= 0.3 is 12.1 Å². The van der Waals surface area contributed by atoms with E-state index in [4.69, 9.17) is 14.6 Å². The van der Waals surface area contributed by atoms with E-state index in [1.165, 1.54) is 34.4 Å². The number of alkyl halides is 3. The van der Waals surface area contributed by atoms with Gasteiger partial charge in [0.1, 0.15) is 17.6 Å². The van der Waals surface area contributed by atoms with E-state index in [1.54, 1.807) is 13.2 Å². The van der Waals surface area contributed by atoms with Gasteiger partial charge in [0.15, 0.2) is 5.13 Å². The van der Waals surface area contributed by atoms with Gasteiger partial charge in [0.25, 0.3) is 5.91 Å². The lowest BCUT2D eigenvalue weighted by atomic mass is 10.00. The van der Waals surface area contributed by atoms with E-state index in [1.807, 2.05) is 29.6 Å². The van der Waals surface area contributed by atoms with Gasteiger partial charge in [-0.15, -0.1) is 11.3 Å². The molecule has 2 aromatic carbocycles. The van der Waals surface area contributed by atoms with E-state index in [2.05, 4.69) is 10.3 Å². The van der Waals surface area contributed by atoms with Gasteiger partial charge in [-0.3, -0.25) is 9.59 Å². The minimum absolute atomic E-state index is 0.246. The van der Waals surface area contributed by atoms with Crippen LogP contribution in [0.25, 0.3) is 11.3 Å². The van der Waals surface area contributed by atoms with Crippen molar-refractivity contribution in [2.24, 2.45) is 0 Å². The normalized spacial score (nSPS) is 15.2. The Kier molecular flexibility index (Phi) is 9.40. The number of carbonyl (C=O) groups is 3. The summed E-state index contributed by atoms with van der Waals surface area (Å²) in [5, 5.41) is 12.3. The Labute approximate surface area is 218 Å². The summed E-state index contributed by atoms with van der Waals surface area (Å²) >= 11 is 1.33. The number of amides is 2. The van der Waals surface area contributed by atoms with Gasteiger partial charge in [-0.25, -0.2) is 14.2 Å². The Morgan fingerprint density at radius 2 is 1.82 bits per heavy atom. The molecule has 202 valence electrons. The summed E-state index contributed by atoms with van der Waals surface area (Å²) in [5.41, 5.74) is 1.91. The van der Waals surface area contributed by atoms with E-state index >= 15 is 0 Å². The van der Waals surface area contributed by atoms with Crippen LogP contribution in [0.3, 0.4) is 0 Å². The van der Waals surface area contributed by atoms with Gasteiger partial charge in [0.05, 0.1) is 12.8 Å². The fraction of sp³-hybridized carbons (Fsp3) is 0.280. The fourth-order valence-electron chi connectivity index (χ4n) is 3.65.